The Labute approximate surface area is 100 Å². The minimum absolute atomic E-state index is 0.227. The number of hydrogen-bond acceptors (Lipinski definition) is 3. The average molecular weight is 250 g/mol. The lowest BCUT2D eigenvalue weighted by molar-refractivity contribution is 0.534. The van der Waals surface area contributed by atoms with E-state index >= 15 is 0 Å². The molecule has 0 spiro atoms. The fourth-order valence-corrected chi connectivity index (χ4v) is 3.33. The molecule has 98 valence electrons. The second-order valence-electron chi connectivity index (χ2n) is 4.13. The number of nitrogens with two attached hydrogens (primary N) is 1. The normalized spacial score (nSPS) is 13.9. The van der Waals surface area contributed by atoms with E-state index in [2.05, 4.69) is 11.6 Å². The number of hydrogen-bond donors (Lipinski definition) is 2. The van der Waals surface area contributed by atoms with Crippen LogP contribution in [0.5, 0.6) is 0 Å². The molecule has 1 atom stereocenters. The molecule has 0 amide bonds. The Kier molecular flexibility index (Phi) is 8.89. The van der Waals surface area contributed by atoms with Gasteiger partial charge < -0.3 is 5.73 Å². The minimum atomic E-state index is -3.13. The van der Waals surface area contributed by atoms with Crippen LogP contribution in [0.3, 0.4) is 0 Å². The van der Waals surface area contributed by atoms with Crippen molar-refractivity contribution < 1.29 is 8.42 Å². The van der Waals surface area contributed by atoms with Crippen LogP contribution < -0.4 is 10.5 Å². The van der Waals surface area contributed by atoms with Crippen LogP contribution in [0.25, 0.3) is 0 Å². The first kappa shape index (κ1) is 15.9. The summed E-state index contributed by atoms with van der Waals surface area (Å²) in [5.74, 6) is 0. The molecule has 0 rings (SSSR count). The fourth-order valence-electron chi connectivity index (χ4n) is 1.64. The highest BCUT2D eigenvalue weighted by atomic mass is 32.2. The van der Waals surface area contributed by atoms with Crippen LogP contribution in [0.4, 0.5) is 0 Å². The van der Waals surface area contributed by atoms with E-state index in [4.69, 9.17) is 5.73 Å². The second kappa shape index (κ2) is 8.96. The van der Waals surface area contributed by atoms with Crippen LogP contribution in [0.1, 0.15) is 52.4 Å². The zero-order valence-corrected chi connectivity index (χ0v) is 11.4. The van der Waals surface area contributed by atoms with Gasteiger partial charge in [0.15, 0.2) is 0 Å². The first-order valence-electron chi connectivity index (χ1n) is 6.27. The average Bonchev–Trinajstić information content (AvgIpc) is 2.24. The fraction of sp³-hybridized carbons (Fsp3) is 1.00. The molecule has 0 aromatic carbocycles. The Morgan fingerprint density at radius 3 is 2.31 bits per heavy atom. The van der Waals surface area contributed by atoms with Gasteiger partial charge in [-0.1, -0.05) is 33.1 Å². The van der Waals surface area contributed by atoms with Crippen molar-refractivity contribution >= 4 is 10.0 Å². The Morgan fingerprint density at radius 2 is 1.81 bits per heavy atom. The van der Waals surface area contributed by atoms with Gasteiger partial charge in [-0.05, 0) is 25.8 Å². The molecule has 0 saturated heterocycles. The van der Waals surface area contributed by atoms with E-state index in [-0.39, 0.29) is 5.25 Å². The minimum Gasteiger partial charge on any atom is -0.330 e. The highest BCUT2D eigenvalue weighted by Gasteiger charge is 2.23. The van der Waals surface area contributed by atoms with Gasteiger partial charge in [0.2, 0.25) is 10.0 Å². The molecule has 0 saturated carbocycles. The van der Waals surface area contributed by atoms with Crippen molar-refractivity contribution in [2.24, 2.45) is 5.73 Å². The van der Waals surface area contributed by atoms with Gasteiger partial charge in [-0.3, -0.25) is 0 Å². The molecule has 0 bridgehead atoms. The largest absolute Gasteiger partial charge is 0.330 e. The summed E-state index contributed by atoms with van der Waals surface area (Å²) < 4.78 is 26.5. The number of unbranched alkanes of at least 4 members (excludes halogenated alkanes) is 1. The molecule has 3 N–H and O–H groups in total. The van der Waals surface area contributed by atoms with E-state index in [1.54, 1.807) is 0 Å². The molecule has 0 fully saturated rings. The van der Waals surface area contributed by atoms with Crippen molar-refractivity contribution in [1.82, 2.24) is 4.72 Å². The SMILES string of the molecule is CCCCC(CCC)S(=O)(=O)NCCCN. The Hall–Kier alpha value is -0.130. The predicted molar refractivity (Wildman–Crippen MR) is 68.8 cm³/mol. The molecule has 0 aromatic heterocycles. The maximum absolute atomic E-state index is 11.9. The van der Waals surface area contributed by atoms with E-state index in [0.717, 1.165) is 32.1 Å². The molecule has 0 aliphatic heterocycles. The van der Waals surface area contributed by atoms with Gasteiger partial charge in [-0.2, -0.15) is 0 Å². The van der Waals surface area contributed by atoms with E-state index in [9.17, 15) is 8.42 Å². The summed E-state index contributed by atoms with van der Waals surface area (Å²) in [5, 5.41) is -0.227. The second-order valence-corrected chi connectivity index (χ2v) is 6.18. The molecule has 0 radical (unpaired) electrons. The number of nitrogens with one attached hydrogen (secondary N) is 1. The molecule has 16 heavy (non-hydrogen) atoms. The van der Waals surface area contributed by atoms with E-state index in [0.29, 0.717) is 19.5 Å². The van der Waals surface area contributed by atoms with Gasteiger partial charge >= 0.3 is 0 Å². The van der Waals surface area contributed by atoms with Crippen molar-refractivity contribution in [3.05, 3.63) is 0 Å². The van der Waals surface area contributed by atoms with E-state index in [1.165, 1.54) is 0 Å². The van der Waals surface area contributed by atoms with Crippen molar-refractivity contribution in [2.75, 3.05) is 13.1 Å². The van der Waals surface area contributed by atoms with Crippen LogP contribution in [0.15, 0.2) is 0 Å². The molecule has 0 aliphatic rings. The molecule has 1 unspecified atom stereocenters. The summed E-state index contributed by atoms with van der Waals surface area (Å²) in [5.41, 5.74) is 5.34. The lowest BCUT2D eigenvalue weighted by Crippen LogP contribution is -2.35. The van der Waals surface area contributed by atoms with Crippen molar-refractivity contribution in [1.29, 1.82) is 0 Å². The van der Waals surface area contributed by atoms with Gasteiger partial charge in [-0.25, -0.2) is 13.1 Å². The van der Waals surface area contributed by atoms with Crippen LogP contribution in [0.2, 0.25) is 0 Å². The monoisotopic (exact) mass is 250 g/mol. The number of sulfonamides is 1. The molecule has 0 aromatic rings. The first-order chi connectivity index (χ1) is 7.58. The maximum atomic E-state index is 11.9. The Bertz CT molecular complexity index is 253. The summed E-state index contributed by atoms with van der Waals surface area (Å²) in [6, 6.07) is 0. The third-order valence-corrected chi connectivity index (χ3v) is 4.57. The topological polar surface area (TPSA) is 72.2 Å². The summed E-state index contributed by atoms with van der Waals surface area (Å²) in [7, 11) is -3.13. The third kappa shape index (κ3) is 6.45. The van der Waals surface area contributed by atoms with Gasteiger partial charge in [0, 0.05) is 6.54 Å². The van der Waals surface area contributed by atoms with Crippen molar-refractivity contribution in [2.45, 2.75) is 57.6 Å². The van der Waals surface area contributed by atoms with E-state index < -0.39 is 10.0 Å². The quantitative estimate of drug-likeness (QED) is 0.579. The molecule has 0 heterocycles. The summed E-state index contributed by atoms with van der Waals surface area (Å²) >= 11 is 0. The molecule has 0 aliphatic carbocycles. The van der Waals surface area contributed by atoms with Crippen molar-refractivity contribution in [3.8, 4) is 0 Å². The summed E-state index contributed by atoms with van der Waals surface area (Å²) in [4.78, 5) is 0. The number of rotatable bonds is 10. The summed E-state index contributed by atoms with van der Waals surface area (Å²) in [6.07, 6.45) is 5.14. The van der Waals surface area contributed by atoms with Crippen LogP contribution in [-0.4, -0.2) is 26.8 Å². The third-order valence-electron chi connectivity index (χ3n) is 2.61. The van der Waals surface area contributed by atoms with Crippen LogP contribution >= 0.6 is 0 Å². The smallest absolute Gasteiger partial charge is 0.214 e. The highest BCUT2D eigenvalue weighted by molar-refractivity contribution is 7.90. The van der Waals surface area contributed by atoms with Crippen LogP contribution in [-0.2, 0) is 10.0 Å². The molecule has 5 heteroatoms. The standard InChI is InChI=1S/C11H26N2O2S/c1-3-5-8-11(7-4-2)16(14,15)13-10-6-9-12/h11,13H,3-10,12H2,1-2H3. The van der Waals surface area contributed by atoms with Gasteiger partial charge in [0.05, 0.1) is 5.25 Å². The first-order valence-corrected chi connectivity index (χ1v) is 7.81. The Balaban J connectivity index is 4.25. The Morgan fingerprint density at radius 1 is 1.12 bits per heavy atom. The van der Waals surface area contributed by atoms with Crippen molar-refractivity contribution in [3.63, 3.8) is 0 Å². The zero-order valence-electron chi connectivity index (χ0n) is 10.5. The van der Waals surface area contributed by atoms with Gasteiger partial charge in [-0.15, -0.1) is 0 Å². The molecule has 4 nitrogen and oxygen atoms in total. The van der Waals surface area contributed by atoms with E-state index in [1.807, 2.05) is 6.92 Å². The van der Waals surface area contributed by atoms with Gasteiger partial charge in [0.1, 0.15) is 0 Å². The van der Waals surface area contributed by atoms with Crippen LogP contribution in [0, 0.1) is 0 Å². The highest BCUT2D eigenvalue weighted by Crippen LogP contribution is 2.14. The molecular formula is C11H26N2O2S. The molecular weight excluding hydrogens is 224 g/mol. The predicted octanol–water partition coefficient (Wildman–Crippen LogP) is 1.61. The maximum Gasteiger partial charge on any atom is 0.214 e. The summed E-state index contributed by atoms with van der Waals surface area (Å²) in [6.45, 7) is 5.09. The zero-order chi connectivity index (χ0) is 12.4. The van der Waals surface area contributed by atoms with Gasteiger partial charge in [0.25, 0.3) is 0 Å². The lowest BCUT2D eigenvalue weighted by Gasteiger charge is -2.17. The lowest BCUT2D eigenvalue weighted by atomic mass is 10.1.